The number of anilines is 2. The number of benzene rings is 2. The number of rotatable bonds is 4. The number of hydrogen-bond donors (Lipinski definition) is 2. The van der Waals surface area contributed by atoms with E-state index in [1.807, 2.05) is 24.3 Å². The van der Waals surface area contributed by atoms with Crippen LogP contribution in [0.4, 0.5) is 11.6 Å². The molecule has 0 bridgehead atoms. The second kappa shape index (κ2) is 6.95. The molecule has 0 saturated carbocycles. The van der Waals surface area contributed by atoms with Crippen molar-refractivity contribution in [3.63, 3.8) is 0 Å². The van der Waals surface area contributed by atoms with Crippen molar-refractivity contribution in [2.45, 2.75) is 0 Å². The van der Waals surface area contributed by atoms with Gasteiger partial charge in [-0.15, -0.1) is 0 Å². The number of hydrogen-bond acceptors (Lipinski definition) is 4. The highest BCUT2D eigenvalue weighted by Crippen LogP contribution is 2.25. The number of ether oxygens (including phenoxy) is 1. The van der Waals surface area contributed by atoms with Gasteiger partial charge in [0.05, 0.1) is 12.8 Å². The third-order valence-electron chi connectivity index (χ3n) is 3.25. The van der Waals surface area contributed by atoms with E-state index in [-0.39, 0.29) is 5.56 Å². The molecule has 0 fully saturated rings. The Balaban J connectivity index is 1.94. The van der Waals surface area contributed by atoms with E-state index in [9.17, 15) is 4.79 Å². The number of aromatic nitrogens is 2. The fourth-order valence-electron chi connectivity index (χ4n) is 2.19. The molecule has 0 aliphatic carbocycles. The minimum Gasteiger partial charge on any atom is -0.497 e. The molecule has 0 unspecified atom stereocenters. The van der Waals surface area contributed by atoms with Gasteiger partial charge in [-0.2, -0.15) is 0 Å². The lowest BCUT2D eigenvalue weighted by molar-refractivity contribution is 0.415. The Morgan fingerprint density at radius 1 is 1.04 bits per heavy atom. The van der Waals surface area contributed by atoms with E-state index >= 15 is 0 Å². The molecule has 3 aromatic rings. The van der Waals surface area contributed by atoms with Gasteiger partial charge in [0.15, 0.2) is 0 Å². The Bertz CT molecular complexity index is 904. The molecule has 2 N–H and O–H groups in total. The fraction of sp³-hybridized carbons (Fsp3) is 0.0588. The molecule has 5 nitrogen and oxygen atoms in total. The van der Waals surface area contributed by atoms with Crippen LogP contribution in [0.5, 0.6) is 5.75 Å². The van der Waals surface area contributed by atoms with Crippen LogP contribution in [0.25, 0.3) is 11.3 Å². The van der Waals surface area contributed by atoms with Crippen molar-refractivity contribution in [3.8, 4) is 17.0 Å². The van der Waals surface area contributed by atoms with Crippen LogP contribution in [0, 0.1) is 0 Å². The summed E-state index contributed by atoms with van der Waals surface area (Å²) in [5.74, 6) is 1.03. The SMILES string of the molecule is COc1ccc(-c2cc(=O)[nH]c(Nc3cc(Cl)cc(Cl)c3)n2)cc1. The predicted molar refractivity (Wildman–Crippen MR) is 96.6 cm³/mol. The van der Waals surface area contributed by atoms with Gasteiger partial charge in [0.2, 0.25) is 5.95 Å². The summed E-state index contributed by atoms with van der Waals surface area (Å²) in [6.07, 6.45) is 0. The number of H-pyrrole nitrogens is 1. The average Bonchev–Trinajstić information content (AvgIpc) is 2.53. The van der Waals surface area contributed by atoms with Crippen molar-refractivity contribution in [1.82, 2.24) is 9.97 Å². The topological polar surface area (TPSA) is 67.0 Å². The minimum atomic E-state index is -0.272. The Morgan fingerprint density at radius 2 is 1.71 bits per heavy atom. The summed E-state index contributed by atoms with van der Waals surface area (Å²) < 4.78 is 5.13. The van der Waals surface area contributed by atoms with Crippen molar-refractivity contribution < 1.29 is 4.74 Å². The summed E-state index contributed by atoms with van der Waals surface area (Å²) >= 11 is 11.9. The van der Waals surface area contributed by atoms with Gasteiger partial charge in [-0.25, -0.2) is 4.98 Å². The molecular weight excluding hydrogens is 349 g/mol. The lowest BCUT2D eigenvalue weighted by Crippen LogP contribution is -2.10. The first-order valence-electron chi connectivity index (χ1n) is 7.02. The average molecular weight is 362 g/mol. The van der Waals surface area contributed by atoms with Crippen LogP contribution >= 0.6 is 23.2 Å². The predicted octanol–water partition coefficient (Wildman–Crippen LogP) is 4.50. The van der Waals surface area contributed by atoms with Crippen molar-refractivity contribution in [1.29, 1.82) is 0 Å². The van der Waals surface area contributed by atoms with Gasteiger partial charge in [-0.05, 0) is 42.5 Å². The summed E-state index contributed by atoms with van der Waals surface area (Å²) in [6.45, 7) is 0. The van der Waals surface area contributed by atoms with Crippen LogP contribution in [-0.2, 0) is 0 Å². The van der Waals surface area contributed by atoms with Crippen LogP contribution in [-0.4, -0.2) is 17.1 Å². The molecule has 122 valence electrons. The molecule has 7 heteroatoms. The standard InChI is InChI=1S/C17H13Cl2N3O2/c1-24-14-4-2-10(3-5-14)15-9-16(23)22-17(21-15)20-13-7-11(18)6-12(19)8-13/h2-9H,1H3,(H2,20,21,22,23). The number of nitrogens with one attached hydrogen (secondary N) is 2. The number of halogens is 2. The Kier molecular flexibility index (Phi) is 4.74. The highest BCUT2D eigenvalue weighted by molar-refractivity contribution is 6.35. The molecule has 3 rings (SSSR count). The summed E-state index contributed by atoms with van der Waals surface area (Å²) in [6, 6.07) is 13.7. The van der Waals surface area contributed by atoms with Gasteiger partial charge in [-0.1, -0.05) is 23.2 Å². The maximum Gasteiger partial charge on any atom is 0.252 e. The highest BCUT2D eigenvalue weighted by atomic mass is 35.5. The second-order valence-electron chi connectivity index (χ2n) is 4.99. The van der Waals surface area contributed by atoms with E-state index in [1.54, 1.807) is 25.3 Å². The zero-order valence-corrected chi connectivity index (χ0v) is 14.2. The molecule has 1 aromatic heterocycles. The smallest absolute Gasteiger partial charge is 0.252 e. The first kappa shape index (κ1) is 16.4. The van der Waals surface area contributed by atoms with E-state index < -0.39 is 0 Å². The largest absolute Gasteiger partial charge is 0.497 e. The Labute approximate surface area is 148 Å². The molecular formula is C17H13Cl2N3O2. The lowest BCUT2D eigenvalue weighted by Gasteiger charge is -2.08. The highest BCUT2D eigenvalue weighted by Gasteiger charge is 2.06. The van der Waals surface area contributed by atoms with Crippen LogP contribution in [0.1, 0.15) is 0 Å². The number of nitrogens with zero attached hydrogens (tertiary/aromatic N) is 1. The summed E-state index contributed by atoms with van der Waals surface area (Å²) in [7, 11) is 1.60. The molecule has 2 aromatic carbocycles. The van der Waals surface area contributed by atoms with Crippen LogP contribution in [0.15, 0.2) is 53.3 Å². The van der Waals surface area contributed by atoms with Gasteiger partial charge >= 0.3 is 0 Å². The molecule has 0 saturated heterocycles. The lowest BCUT2D eigenvalue weighted by atomic mass is 10.1. The first-order valence-corrected chi connectivity index (χ1v) is 7.78. The van der Waals surface area contributed by atoms with E-state index in [1.165, 1.54) is 6.07 Å². The van der Waals surface area contributed by atoms with Gasteiger partial charge in [0.25, 0.3) is 5.56 Å². The van der Waals surface area contributed by atoms with Crippen molar-refractivity contribution in [2.24, 2.45) is 0 Å². The van der Waals surface area contributed by atoms with Crippen molar-refractivity contribution in [2.75, 3.05) is 12.4 Å². The zero-order chi connectivity index (χ0) is 17.1. The molecule has 0 spiro atoms. The maximum atomic E-state index is 11.9. The number of methoxy groups -OCH3 is 1. The van der Waals surface area contributed by atoms with E-state index in [2.05, 4.69) is 15.3 Å². The number of aromatic amines is 1. The summed E-state index contributed by atoms with van der Waals surface area (Å²) in [4.78, 5) is 19.0. The third kappa shape index (κ3) is 3.88. The fourth-order valence-corrected chi connectivity index (χ4v) is 2.72. The molecule has 0 aliphatic heterocycles. The van der Waals surface area contributed by atoms with E-state index in [0.29, 0.717) is 27.4 Å². The molecule has 0 amide bonds. The van der Waals surface area contributed by atoms with Gasteiger partial charge in [0.1, 0.15) is 5.75 Å². The Morgan fingerprint density at radius 3 is 2.33 bits per heavy atom. The molecule has 0 radical (unpaired) electrons. The molecule has 24 heavy (non-hydrogen) atoms. The third-order valence-corrected chi connectivity index (χ3v) is 3.69. The van der Waals surface area contributed by atoms with Crippen molar-refractivity contribution >= 4 is 34.8 Å². The minimum absolute atomic E-state index is 0.272. The summed E-state index contributed by atoms with van der Waals surface area (Å²) in [5.41, 5.74) is 1.69. The summed E-state index contributed by atoms with van der Waals surface area (Å²) in [5, 5.41) is 3.97. The second-order valence-corrected chi connectivity index (χ2v) is 5.86. The van der Waals surface area contributed by atoms with Crippen molar-refractivity contribution in [3.05, 3.63) is 68.9 Å². The first-order chi connectivity index (χ1) is 11.5. The van der Waals surface area contributed by atoms with Crippen LogP contribution in [0.3, 0.4) is 0 Å². The van der Waals surface area contributed by atoms with Gasteiger partial charge in [-0.3, -0.25) is 9.78 Å². The van der Waals surface area contributed by atoms with E-state index in [4.69, 9.17) is 27.9 Å². The zero-order valence-electron chi connectivity index (χ0n) is 12.6. The molecule has 0 atom stereocenters. The van der Waals surface area contributed by atoms with E-state index in [0.717, 1.165) is 11.3 Å². The normalized spacial score (nSPS) is 10.5. The monoisotopic (exact) mass is 361 g/mol. The molecule has 1 heterocycles. The van der Waals surface area contributed by atoms with Gasteiger partial charge < -0.3 is 10.1 Å². The van der Waals surface area contributed by atoms with Crippen LogP contribution < -0.4 is 15.6 Å². The van der Waals surface area contributed by atoms with Crippen LogP contribution in [0.2, 0.25) is 10.0 Å². The molecule has 0 aliphatic rings. The quantitative estimate of drug-likeness (QED) is 0.717. The maximum absolute atomic E-state index is 11.9. The Hall–Kier alpha value is -2.50. The van der Waals surface area contributed by atoms with Gasteiger partial charge in [0, 0.05) is 27.4 Å².